The zero-order valence-corrected chi connectivity index (χ0v) is 21.8. The van der Waals surface area contributed by atoms with Crippen LogP contribution in [-0.2, 0) is 16.0 Å². The van der Waals surface area contributed by atoms with Crippen molar-refractivity contribution in [2.75, 3.05) is 45.3 Å². The molecule has 1 saturated heterocycles. The molecule has 0 spiro atoms. The Hall–Kier alpha value is -3.86. The van der Waals surface area contributed by atoms with Gasteiger partial charge in [0, 0.05) is 58.0 Å². The molecular formula is C25H30ClN7O4. The van der Waals surface area contributed by atoms with Gasteiger partial charge in [-0.05, 0) is 24.1 Å². The summed E-state index contributed by atoms with van der Waals surface area (Å²) in [4.78, 5) is 41.8. The Balaban J connectivity index is 1.44. The first-order chi connectivity index (χ1) is 17.9. The van der Waals surface area contributed by atoms with E-state index in [9.17, 15) is 9.59 Å². The van der Waals surface area contributed by atoms with Crippen molar-refractivity contribution in [3.05, 3.63) is 53.7 Å². The summed E-state index contributed by atoms with van der Waals surface area (Å²) in [5.74, 6) is 2.13. The summed E-state index contributed by atoms with van der Waals surface area (Å²) in [5.41, 5.74) is 1.02. The Labute approximate surface area is 220 Å². The van der Waals surface area contributed by atoms with Gasteiger partial charge in [0.1, 0.15) is 17.3 Å². The molecular weight excluding hydrogens is 498 g/mol. The minimum Gasteiger partial charge on any atom is -0.493 e. The van der Waals surface area contributed by atoms with Crippen molar-refractivity contribution in [1.82, 2.24) is 29.7 Å². The number of nitrogens with zero attached hydrogens (tertiary/aromatic N) is 6. The van der Waals surface area contributed by atoms with Crippen molar-refractivity contribution < 1.29 is 19.1 Å². The number of piperazine rings is 1. The van der Waals surface area contributed by atoms with Crippen molar-refractivity contribution >= 4 is 29.2 Å². The second-order valence-corrected chi connectivity index (χ2v) is 9.01. The summed E-state index contributed by atoms with van der Waals surface area (Å²) in [7, 11) is 3.18. The van der Waals surface area contributed by atoms with Gasteiger partial charge in [-0.1, -0.05) is 17.7 Å². The molecule has 3 heterocycles. The third kappa shape index (κ3) is 6.48. The van der Waals surface area contributed by atoms with E-state index in [2.05, 4.69) is 20.3 Å². The molecule has 1 aliphatic heterocycles. The number of carbonyl (C=O) groups is 2. The minimum atomic E-state index is -0.277. The number of halogens is 1. The largest absolute Gasteiger partial charge is 0.493 e. The Morgan fingerprint density at radius 3 is 2.65 bits per heavy atom. The van der Waals surface area contributed by atoms with Gasteiger partial charge in [-0.3, -0.25) is 14.2 Å². The molecule has 1 atom stereocenters. The smallest absolute Gasteiger partial charge is 0.238 e. The molecule has 2 aromatic heterocycles. The van der Waals surface area contributed by atoms with Crippen LogP contribution in [0.4, 0.5) is 5.82 Å². The zero-order chi connectivity index (χ0) is 26.4. The van der Waals surface area contributed by atoms with Crippen LogP contribution >= 0.6 is 11.6 Å². The first-order valence-electron chi connectivity index (χ1n) is 11.9. The van der Waals surface area contributed by atoms with Crippen molar-refractivity contribution in [3.63, 3.8) is 0 Å². The fraction of sp³-hybridized carbons (Fsp3) is 0.400. The summed E-state index contributed by atoms with van der Waals surface area (Å²) >= 11 is 6.31. The Morgan fingerprint density at radius 2 is 1.95 bits per heavy atom. The van der Waals surface area contributed by atoms with Crippen LogP contribution in [0.2, 0.25) is 5.15 Å². The summed E-state index contributed by atoms with van der Waals surface area (Å²) < 4.78 is 12.3. The first kappa shape index (κ1) is 26.2. The lowest BCUT2D eigenvalue weighted by Crippen LogP contribution is -2.56. The maximum absolute atomic E-state index is 12.9. The van der Waals surface area contributed by atoms with E-state index in [-0.39, 0.29) is 29.4 Å². The van der Waals surface area contributed by atoms with Crippen molar-refractivity contribution in [3.8, 4) is 17.4 Å². The third-order valence-corrected chi connectivity index (χ3v) is 6.43. The third-order valence-electron chi connectivity index (χ3n) is 6.23. The number of methoxy groups -OCH3 is 2. The second-order valence-electron chi connectivity index (χ2n) is 8.62. The number of imidazole rings is 1. The molecule has 0 aliphatic carbocycles. The van der Waals surface area contributed by atoms with Crippen LogP contribution in [0.15, 0.2) is 43.0 Å². The monoisotopic (exact) mass is 527 g/mol. The van der Waals surface area contributed by atoms with Crippen LogP contribution in [-0.4, -0.2) is 82.7 Å². The Kier molecular flexibility index (Phi) is 8.44. The van der Waals surface area contributed by atoms with E-state index >= 15 is 0 Å². The number of hydrogen-bond donors (Lipinski definition) is 1. The molecule has 4 rings (SSSR count). The zero-order valence-electron chi connectivity index (χ0n) is 21.1. The molecule has 12 heteroatoms. The number of benzene rings is 1. The van der Waals surface area contributed by atoms with Crippen LogP contribution in [0.5, 0.6) is 11.5 Å². The van der Waals surface area contributed by atoms with E-state index in [1.54, 1.807) is 48.5 Å². The van der Waals surface area contributed by atoms with Gasteiger partial charge >= 0.3 is 0 Å². The van der Waals surface area contributed by atoms with Crippen LogP contribution in [0.3, 0.4) is 0 Å². The highest BCUT2D eigenvalue weighted by Crippen LogP contribution is 2.28. The number of ether oxygens (including phenoxy) is 2. The SMILES string of the molecule is COc1ccc(CCNC(=O)CC2CN(C(C)=O)CCN2c2cc(Cl)nc(-n3ccnc3)n2)cc1OC. The standard InChI is InChI=1S/C25H30ClN7O4/c1-17(34)31-10-11-33(23-14-22(26)29-25(30-23)32-9-8-27-16-32)19(15-31)13-24(35)28-7-6-18-4-5-20(36-2)21(12-18)37-3/h4-5,8-9,12,14,16,19H,6-7,10-11,13,15H2,1-3H3,(H,28,35). The maximum atomic E-state index is 12.9. The average Bonchev–Trinajstić information content (AvgIpc) is 3.43. The highest BCUT2D eigenvalue weighted by Gasteiger charge is 2.31. The number of carbonyl (C=O) groups excluding carboxylic acids is 2. The molecule has 1 aliphatic rings. The second kappa shape index (κ2) is 11.9. The summed E-state index contributed by atoms with van der Waals surface area (Å²) in [5, 5.41) is 3.27. The molecule has 196 valence electrons. The number of amides is 2. The van der Waals surface area contributed by atoms with Crippen molar-refractivity contribution in [2.24, 2.45) is 0 Å². The number of rotatable bonds is 9. The van der Waals surface area contributed by atoms with Crippen molar-refractivity contribution in [2.45, 2.75) is 25.8 Å². The molecule has 1 unspecified atom stereocenters. The molecule has 1 fully saturated rings. The normalized spacial score (nSPS) is 15.4. The predicted molar refractivity (Wildman–Crippen MR) is 138 cm³/mol. The van der Waals surface area contributed by atoms with Gasteiger partial charge in [-0.2, -0.15) is 4.98 Å². The van der Waals surface area contributed by atoms with Crippen LogP contribution in [0.1, 0.15) is 18.9 Å². The molecule has 37 heavy (non-hydrogen) atoms. The highest BCUT2D eigenvalue weighted by molar-refractivity contribution is 6.29. The quantitative estimate of drug-likeness (QED) is 0.421. The topological polar surface area (TPSA) is 115 Å². The van der Waals surface area contributed by atoms with Gasteiger partial charge in [-0.15, -0.1) is 0 Å². The number of nitrogens with one attached hydrogen (secondary N) is 1. The Bertz CT molecular complexity index is 1240. The number of hydrogen-bond acceptors (Lipinski definition) is 8. The molecule has 2 amide bonds. The summed E-state index contributed by atoms with van der Waals surface area (Å²) in [6, 6.07) is 7.08. The molecule has 0 bridgehead atoms. The molecule has 0 saturated carbocycles. The van der Waals surface area contributed by atoms with E-state index in [1.165, 1.54) is 6.92 Å². The van der Waals surface area contributed by atoms with E-state index in [0.29, 0.717) is 55.9 Å². The van der Waals surface area contributed by atoms with Gasteiger partial charge in [-0.25, -0.2) is 9.97 Å². The van der Waals surface area contributed by atoms with Crippen LogP contribution in [0, 0.1) is 0 Å². The van der Waals surface area contributed by atoms with Crippen LogP contribution in [0.25, 0.3) is 5.95 Å². The van der Waals surface area contributed by atoms with E-state index in [4.69, 9.17) is 21.1 Å². The van der Waals surface area contributed by atoms with Crippen LogP contribution < -0.4 is 19.7 Å². The highest BCUT2D eigenvalue weighted by atomic mass is 35.5. The fourth-order valence-electron chi connectivity index (χ4n) is 4.32. The minimum absolute atomic E-state index is 0.0293. The average molecular weight is 528 g/mol. The number of anilines is 1. The predicted octanol–water partition coefficient (Wildman–Crippen LogP) is 2.12. The molecule has 1 aromatic carbocycles. The molecule has 11 nitrogen and oxygen atoms in total. The van der Waals surface area contributed by atoms with E-state index < -0.39 is 0 Å². The van der Waals surface area contributed by atoms with Gasteiger partial charge in [0.2, 0.25) is 17.8 Å². The summed E-state index contributed by atoms with van der Waals surface area (Å²) in [6.07, 6.45) is 5.78. The molecule has 0 radical (unpaired) electrons. The Morgan fingerprint density at radius 1 is 1.14 bits per heavy atom. The lowest BCUT2D eigenvalue weighted by Gasteiger charge is -2.41. The summed E-state index contributed by atoms with van der Waals surface area (Å²) in [6.45, 7) is 3.44. The lowest BCUT2D eigenvalue weighted by atomic mass is 10.1. The molecule has 3 aromatic rings. The first-order valence-corrected chi connectivity index (χ1v) is 12.3. The van der Waals surface area contributed by atoms with E-state index in [0.717, 1.165) is 5.56 Å². The van der Waals surface area contributed by atoms with E-state index in [1.807, 2.05) is 23.1 Å². The fourth-order valence-corrected chi connectivity index (χ4v) is 4.49. The van der Waals surface area contributed by atoms with Gasteiger partial charge < -0.3 is 24.6 Å². The van der Waals surface area contributed by atoms with Gasteiger partial charge in [0.15, 0.2) is 11.5 Å². The molecule has 1 N–H and O–H groups in total. The van der Waals surface area contributed by atoms with Gasteiger partial charge in [0.05, 0.1) is 20.3 Å². The van der Waals surface area contributed by atoms with Crippen molar-refractivity contribution in [1.29, 1.82) is 0 Å². The van der Waals surface area contributed by atoms with Gasteiger partial charge in [0.25, 0.3) is 0 Å². The number of aromatic nitrogens is 4. The maximum Gasteiger partial charge on any atom is 0.238 e. The lowest BCUT2D eigenvalue weighted by molar-refractivity contribution is -0.130.